The van der Waals surface area contributed by atoms with Crippen LogP contribution in [0, 0.1) is 5.82 Å². The SMILES string of the molecule is COC(=O)C(C)Sc1nnc(Cc2cc(=O)[nH]c(=O)[nH]2)n1-c1ccc(F)cc1. The summed E-state index contributed by atoms with van der Waals surface area (Å²) in [5.74, 6) is -0.444. The summed E-state index contributed by atoms with van der Waals surface area (Å²) < 4.78 is 19.7. The monoisotopic (exact) mass is 405 g/mol. The minimum Gasteiger partial charge on any atom is -0.468 e. The van der Waals surface area contributed by atoms with Gasteiger partial charge in [-0.1, -0.05) is 11.8 Å². The van der Waals surface area contributed by atoms with Crippen LogP contribution in [0.5, 0.6) is 0 Å². The Morgan fingerprint density at radius 3 is 2.61 bits per heavy atom. The quantitative estimate of drug-likeness (QED) is 0.464. The Kier molecular flexibility index (Phi) is 5.73. The molecule has 11 heteroatoms. The highest BCUT2D eigenvalue weighted by Gasteiger charge is 2.22. The smallest absolute Gasteiger partial charge is 0.325 e. The zero-order valence-corrected chi connectivity index (χ0v) is 15.7. The summed E-state index contributed by atoms with van der Waals surface area (Å²) >= 11 is 1.12. The minimum atomic E-state index is -0.635. The van der Waals surface area contributed by atoms with Gasteiger partial charge in [0, 0.05) is 23.9 Å². The highest BCUT2D eigenvalue weighted by Crippen LogP contribution is 2.27. The number of nitrogens with zero attached hydrogens (tertiary/aromatic N) is 3. The van der Waals surface area contributed by atoms with Crippen LogP contribution in [-0.4, -0.2) is 43.1 Å². The van der Waals surface area contributed by atoms with Gasteiger partial charge in [0.25, 0.3) is 5.56 Å². The van der Waals surface area contributed by atoms with Crippen LogP contribution < -0.4 is 11.2 Å². The number of hydrogen-bond donors (Lipinski definition) is 2. The molecule has 0 aliphatic heterocycles. The number of carbonyl (C=O) groups is 1. The molecule has 1 atom stereocenters. The molecular formula is C17H16FN5O4S. The van der Waals surface area contributed by atoms with Gasteiger partial charge in [-0.3, -0.25) is 19.1 Å². The summed E-state index contributed by atoms with van der Waals surface area (Å²) in [6, 6.07) is 6.89. The summed E-state index contributed by atoms with van der Waals surface area (Å²) in [4.78, 5) is 39.4. The Hall–Kier alpha value is -3.21. The Balaban J connectivity index is 2.04. The van der Waals surface area contributed by atoms with Gasteiger partial charge in [0.15, 0.2) is 5.16 Å². The summed E-state index contributed by atoms with van der Waals surface area (Å²) in [6.45, 7) is 1.66. The fraction of sp³-hybridized carbons (Fsp3) is 0.235. The molecule has 2 N–H and O–H groups in total. The van der Waals surface area contributed by atoms with Crippen molar-refractivity contribution in [3.05, 3.63) is 68.5 Å². The molecule has 0 radical (unpaired) electrons. The number of benzene rings is 1. The number of nitrogens with one attached hydrogen (secondary N) is 2. The molecule has 0 aliphatic rings. The van der Waals surface area contributed by atoms with Gasteiger partial charge in [0.05, 0.1) is 7.11 Å². The van der Waals surface area contributed by atoms with Crippen LogP contribution in [0.15, 0.2) is 45.1 Å². The summed E-state index contributed by atoms with van der Waals surface area (Å²) in [6.07, 6.45) is 0.0939. The van der Waals surface area contributed by atoms with E-state index < -0.39 is 28.3 Å². The van der Waals surface area contributed by atoms with E-state index in [1.54, 1.807) is 11.5 Å². The molecule has 2 heterocycles. The Bertz CT molecular complexity index is 1080. The van der Waals surface area contributed by atoms with Crippen molar-refractivity contribution in [2.75, 3.05) is 7.11 Å². The maximum atomic E-state index is 13.3. The molecule has 3 rings (SSSR count). The van der Waals surface area contributed by atoms with Crippen LogP contribution in [-0.2, 0) is 16.0 Å². The average molecular weight is 405 g/mol. The molecule has 0 aliphatic carbocycles. The third-order valence-electron chi connectivity index (χ3n) is 3.77. The topological polar surface area (TPSA) is 123 Å². The number of hydrogen-bond acceptors (Lipinski definition) is 7. The predicted octanol–water partition coefficient (Wildman–Crippen LogP) is 1.03. The molecule has 0 saturated carbocycles. The van der Waals surface area contributed by atoms with Gasteiger partial charge in [-0.15, -0.1) is 10.2 Å². The van der Waals surface area contributed by atoms with Crippen molar-refractivity contribution >= 4 is 17.7 Å². The lowest BCUT2D eigenvalue weighted by atomic mass is 10.2. The molecule has 2 aromatic heterocycles. The number of halogens is 1. The van der Waals surface area contributed by atoms with Crippen molar-refractivity contribution < 1.29 is 13.9 Å². The first-order valence-electron chi connectivity index (χ1n) is 8.14. The van der Waals surface area contributed by atoms with Crippen LogP contribution in [0.3, 0.4) is 0 Å². The third kappa shape index (κ3) is 4.36. The fourth-order valence-corrected chi connectivity index (χ4v) is 3.41. The van der Waals surface area contributed by atoms with Crippen molar-refractivity contribution in [1.29, 1.82) is 0 Å². The van der Waals surface area contributed by atoms with Crippen LogP contribution in [0.1, 0.15) is 18.4 Å². The zero-order valence-electron chi connectivity index (χ0n) is 14.9. The molecule has 0 saturated heterocycles. The third-order valence-corrected chi connectivity index (χ3v) is 4.79. The molecule has 28 heavy (non-hydrogen) atoms. The first kappa shape index (κ1) is 19.5. The number of aromatic nitrogens is 5. The van der Waals surface area contributed by atoms with E-state index >= 15 is 0 Å². The van der Waals surface area contributed by atoms with Crippen LogP contribution in [0.25, 0.3) is 5.69 Å². The molecule has 0 spiro atoms. The lowest BCUT2D eigenvalue weighted by Crippen LogP contribution is -2.23. The second kappa shape index (κ2) is 8.21. The van der Waals surface area contributed by atoms with Gasteiger partial charge in [-0.05, 0) is 31.2 Å². The van der Waals surface area contributed by atoms with Crippen molar-refractivity contribution in [2.24, 2.45) is 0 Å². The van der Waals surface area contributed by atoms with Gasteiger partial charge in [0.2, 0.25) is 0 Å². The van der Waals surface area contributed by atoms with Gasteiger partial charge in [-0.2, -0.15) is 0 Å². The maximum Gasteiger partial charge on any atom is 0.325 e. The fourth-order valence-electron chi connectivity index (χ4n) is 2.50. The molecule has 0 bridgehead atoms. The zero-order chi connectivity index (χ0) is 20.3. The lowest BCUT2D eigenvalue weighted by Gasteiger charge is -2.12. The summed E-state index contributed by atoms with van der Waals surface area (Å²) in [5, 5.41) is 8.06. The van der Waals surface area contributed by atoms with Gasteiger partial charge < -0.3 is 9.72 Å². The van der Waals surface area contributed by atoms with E-state index in [0.717, 1.165) is 11.8 Å². The van der Waals surface area contributed by atoms with E-state index in [9.17, 15) is 18.8 Å². The van der Waals surface area contributed by atoms with Crippen LogP contribution >= 0.6 is 11.8 Å². The molecule has 146 valence electrons. The normalized spacial score (nSPS) is 12.0. The van der Waals surface area contributed by atoms with E-state index in [4.69, 9.17) is 4.74 Å². The molecule has 3 aromatic rings. The van der Waals surface area contributed by atoms with Crippen molar-refractivity contribution in [2.45, 2.75) is 23.8 Å². The van der Waals surface area contributed by atoms with E-state index in [0.29, 0.717) is 22.4 Å². The molecule has 0 amide bonds. The van der Waals surface area contributed by atoms with E-state index in [1.807, 2.05) is 0 Å². The van der Waals surface area contributed by atoms with E-state index in [2.05, 4.69) is 20.2 Å². The van der Waals surface area contributed by atoms with Gasteiger partial charge in [-0.25, -0.2) is 9.18 Å². The second-order valence-corrected chi connectivity index (χ2v) is 7.09. The molecule has 9 nitrogen and oxygen atoms in total. The standard InChI is InChI=1S/C17H16FN5O4S/c1-9(15(25)27-2)28-17-22-21-13(7-11-8-14(24)20-16(26)19-11)23(17)12-5-3-10(18)4-6-12/h3-6,8-9H,7H2,1-2H3,(H2,19,20,24,26). The van der Waals surface area contributed by atoms with Crippen molar-refractivity contribution in [3.63, 3.8) is 0 Å². The van der Waals surface area contributed by atoms with E-state index in [-0.39, 0.29) is 6.42 Å². The predicted molar refractivity (Wildman–Crippen MR) is 99.1 cm³/mol. The number of aromatic amines is 2. The number of rotatable bonds is 6. The first-order chi connectivity index (χ1) is 13.4. The van der Waals surface area contributed by atoms with Crippen LogP contribution in [0.4, 0.5) is 4.39 Å². The molecule has 0 fully saturated rings. The molecular weight excluding hydrogens is 389 g/mol. The van der Waals surface area contributed by atoms with E-state index in [1.165, 1.54) is 37.4 Å². The highest BCUT2D eigenvalue weighted by atomic mass is 32.2. The van der Waals surface area contributed by atoms with Gasteiger partial charge in [0.1, 0.15) is 16.9 Å². The first-order valence-corrected chi connectivity index (χ1v) is 9.02. The Morgan fingerprint density at radius 2 is 1.96 bits per heavy atom. The maximum absolute atomic E-state index is 13.3. The number of methoxy groups -OCH3 is 1. The highest BCUT2D eigenvalue weighted by molar-refractivity contribution is 8.00. The largest absolute Gasteiger partial charge is 0.468 e. The average Bonchev–Trinajstić information content (AvgIpc) is 3.02. The lowest BCUT2D eigenvalue weighted by molar-refractivity contribution is -0.139. The number of H-pyrrole nitrogens is 2. The molecule has 1 aromatic carbocycles. The van der Waals surface area contributed by atoms with Crippen molar-refractivity contribution in [1.82, 2.24) is 24.7 Å². The van der Waals surface area contributed by atoms with Crippen molar-refractivity contribution in [3.8, 4) is 5.69 Å². The number of ether oxygens (including phenoxy) is 1. The van der Waals surface area contributed by atoms with Gasteiger partial charge >= 0.3 is 11.7 Å². The molecule has 1 unspecified atom stereocenters. The van der Waals surface area contributed by atoms with Crippen LogP contribution in [0.2, 0.25) is 0 Å². The Morgan fingerprint density at radius 1 is 1.25 bits per heavy atom. The number of thioether (sulfide) groups is 1. The summed E-state index contributed by atoms with van der Waals surface area (Å²) in [7, 11) is 1.29. The number of carbonyl (C=O) groups excluding carboxylic acids is 1. The second-order valence-electron chi connectivity index (χ2n) is 5.78. The Labute approximate surface area is 162 Å². The minimum absolute atomic E-state index is 0.0939. The number of esters is 1. The summed E-state index contributed by atoms with van der Waals surface area (Å²) in [5.41, 5.74) is -0.278.